The minimum absolute atomic E-state index is 0.175. The highest BCUT2D eigenvalue weighted by Crippen LogP contribution is 2.34. The predicted molar refractivity (Wildman–Crippen MR) is 107 cm³/mol. The maximum Gasteiger partial charge on any atom is 0.416 e. The molecule has 0 fully saturated rings. The van der Waals surface area contributed by atoms with Crippen LogP contribution in [0.15, 0.2) is 48.7 Å². The third-order valence-electron chi connectivity index (χ3n) is 4.92. The molecule has 30 heavy (non-hydrogen) atoms. The highest BCUT2D eigenvalue weighted by molar-refractivity contribution is 6.10. The summed E-state index contributed by atoms with van der Waals surface area (Å²) in [6.07, 6.45) is -2.61. The number of amides is 1. The third-order valence-corrected chi connectivity index (χ3v) is 4.92. The van der Waals surface area contributed by atoms with Gasteiger partial charge in [0.1, 0.15) is 0 Å². The molecule has 2 aromatic carbocycles. The molecule has 0 bridgehead atoms. The van der Waals surface area contributed by atoms with Crippen molar-refractivity contribution in [2.45, 2.75) is 19.1 Å². The van der Waals surface area contributed by atoms with Crippen LogP contribution >= 0.6 is 0 Å². The van der Waals surface area contributed by atoms with Gasteiger partial charge in [-0.1, -0.05) is 0 Å². The molecule has 0 aliphatic heterocycles. The number of benzene rings is 2. The molecule has 0 radical (unpaired) electrons. The first-order chi connectivity index (χ1) is 14.2. The van der Waals surface area contributed by atoms with Gasteiger partial charge in [-0.3, -0.25) is 14.0 Å². The summed E-state index contributed by atoms with van der Waals surface area (Å²) in [7, 11) is 1.75. The lowest BCUT2D eigenvalue weighted by Crippen LogP contribution is -2.34. The van der Waals surface area contributed by atoms with Crippen molar-refractivity contribution >= 4 is 27.8 Å². The molecule has 2 N–H and O–H groups in total. The van der Waals surface area contributed by atoms with Crippen LogP contribution < -0.4 is 5.32 Å². The third kappa shape index (κ3) is 3.41. The van der Waals surface area contributed by atoms with Gasteiger partial charge in [-0.2, -0.15) is 18.3 Å². The van der Waals surface area contributed by atoms with Gasteiger partial charge >= 0.3 is 6.18 Å². The fourth-order valence-corrected chi connectivity index (χ4v) is 3.45. The summed E-state index contributed by atoms with van der Waals surface area (Å²) in [6.45, 7) is 1.52. The second-order valence-corrected chi connectivity index (χ2v) is 7.21. The van der Waals surface area contributed by atoms with Crippen molar-refractivity contribution < 1.29 is 23.1 Å². The molecule has 0 saturated heterocycles. The molecule has 4 aromatic rings. The van der Waals surface area contributed by atoms with Crippen LogP contribution in [-0.2, 0) is 13.2 Å². The van der Waals surface area contributed by atoms with Gasteiger partial charge < -0.3 is 10.4 Å². The van der Waals surface area contributed by atoms with Crippen molar-refractivity contribution in [3.05, 3.63) is 59.8 Å². The Hall–Kier alpha value is -3.33. The number of aryl methyl sites for hydroxylation is 1. The summed E-state index contributed by atoms with van der Waals surface area (Å²) < 4.78 is 42.2. The number of aromatic nitrogens is 3. The molecule has 4 rings (SSSR count). The number of carbonyl (C=O) groups excluding carboxylic acids is 1. The van der Waals surface area contributed by atoms with Crippen LogP contribution in [0.4, 0.5) is 13.2 Å². The fourth-order valence-electron chi connectivity index (χ4n) is 3.45. The van der Waals surface area contributed by atoms with Gasteiger partial charge in [0, 0.05) is 41.3 Å². The Labute approximate surface area is 169 Å². The second-order valence-electron chi connectivity index (χ2n) is 7.21. The first kappa shape index (κ1) is 20.0. The number of nitrogens with zero attached hydrogens (tertiary/aromatic N) is 3. The van der Waals surface area contributed by atoms with Crippen LogP contribution in [0, 0.1) is 0 Å². The van der Waals surface area contributed by atoms with Gasteiger partial charge in [0.15, 0.2) is 5.65 Å². The van der Waals surface area contributed by atoms with Crippen molar-refractivity contribution in [1.82, 2.24) is 19.7 Å². The molecule has 9 heteroatoms. The molecule has 0 aliphatic rings. The molecule has 0 unspecified atom stereocenters. The largest absolute Gasteiger partial charge is 0.416 e. The van der Waals surface area contributed by atoms with Gasteiger partial charge in [0.05, 0.1) is 17.7 Å². The lowest BCUT2D eigenvalue weighted by Gasteiger charge is -2.12. The highest BCUT2D eigenvalue weighted by Gasteiger charge is 2.30. The zero-order chi connectivity index (χ0) is 21.6. The van der Waals surface area contributed by atoms with Crippen LogP contribution in [0.1, 0.15) is 22.8 Å². The van der Waals surface area contributed by atoms with Crippen molar-refractivity contribution in [3.8, 4) is 5.69 Å². The highest BCUT2D eigenvalue weighted by atomic mass is 19.4. The number of aliphatic hydroxyl groups is 1. The molecule has 156 valence electrons. The summed E-state index contributed by atoms with van der Waals surface area (Å²) in [5.74, 6) is -0.322. The number of hydrogen-bond donors (Lipinski definition) is 2. The number of halogens is 3. The average Bonchev–Trinajstić information content (AvgIpc) is 3.21. The van der Waals surface area contributed by atoms with E-state index in [9.17, 15) is 18.0 Å². The summed E-state index contributed by atoms with van der Waals surface area (Å²) >= 11 is 0. The van der Waals surface area contributed by atoms with E-state index in [1.54, 1.807) is 47.6 Å². The Morgan fingerprint density at radius 1 is 1.17 bits per heavy atom. The first-order valence-electron chi connectivity index (χ1n) is 9.26. The quantitative estimate of drug-likeness (QED) is 0.534. The Bertz CT molecular complexity index is 1240. The molecule has 0 spiro atoms. The fraction of sp³-hybridized carbons (Fsp3) is 0.238. The van der Waals surface area contributed by atoms with E-state index in [0.717, 1.165) is 28.4 Å². The molecular weight excluding hydrogens is 397 g/mol. The Balaban J connectivity index is 1.86. The van der Waals surface area contributed by atoms with Gasteiger partial charge in [-0.25, -0.2) is 0 Å². The SMILES string of the molecule is C[C@@H](CO)NC(=O)c1ccc2c(c1)c1cn(C)nc1n2-c1ccc(C(F)(F)F)cc1. The summed E-state index contributed by atoms with van der Waals surface area (Å²) in [4.78, 5) is 12.5. The van der Waals surface area contributed by atoms with Crippen LogP contribution in [0.2, 0.25) is 0 Å². The molecule has 0 aliphatic carbocycles. The summed E-state index contributed by atoms with van der Waals surface area (Å²) in [5.41, 5.74) is 1.52. The van der Waals surface area contributed by atoms with E-state index >= 15 is 0 Å². The minimum Gasteiger partial charge on any atom is -0.394 e. The van der Waals surface area contributed by atoms with Gasteiger partial charge in [-0.15, -0.1) is 0 Å². The van der Waals surface area contributed by atoms with E-state index in [1.165, 1.54) is 12.1 Å². The predicted octanol–water partition coefficient (Wildman–Crippen LogP) is 3.65. The van der Waals surface area contributed by atoms with Crippen molar-refractivity contribution in [2.24, 2.45) is 7.05 Å². The number of rotatable bonds is 4. The Morgan fingerprint density at radius 2 is 1.87 bits per heavy atom. The molecule has 2 aromatic heterocycles. The number of fused-ring (bicyclic) bond motifs is 3. The Morgan fingerprint density at radius 3 is 2.50 bits per heavy atom. The Kier molecular flexibility index (Phi) is 4.77. The minimum atomic E-state index is -4.41. The van der Waals surface area contributed by atoms with Gasteiger partial charge in [0.2, 0.25) is 0 Å². The van der Waals surface area contributed by atoms with E-state index in [0.29, 0.717) is 16.9 Å². The van der Waals surface area contributed by atoms with Gasteiger partial charge in [0.25, 0.3) is 5.91 Å². The number of aliphatic hydroxyl groups excluding tert-OH is 1. The number of carbonyl (C=O) groups is 1. The lowest BCUT2D eigenvalue weighted by molar-refractivity contribution is -0.137. The van der Waals surface area contributed by atoms with E-state index in [-0.39, 0.29) is 18.6 Å². The summed E-state index contributed by atoms with van der Waals surface area (Å²) in [6, 6.07) is 9.60. The lowest BCUT2D eigenvalue weighted by atomic mass is 10.1. The number of nitrogens with one attached hydrogen (secondary N) is 1. The second kappa shape index (κ2) is 7.17. The van der Waals surface area contributed by atoms with E-state index in [1.807, 2.05) is 0 Å². The van der Waals surface area contributed by atoms with Crippen LogP contribution in [-0.4, -0.2) is 38.0 Å². The average molecular weight is 416 g/mol. The topological polar surface area (TPSA) is 72.1 Å². The maximum atomic E-state index is 12.9. The van der Waals surface area contributed by atoms with E-state index in [2.05, 4.69) is 10.4 Å². The monoisotopic (exact) mass is 416 g/mol. The van der Waals surface area contributed by atoms with Crippen LogP contribution in [0.3, 0.4) is 0 Å². The van der Waals surface area contributed by atoms with Crippen LogP contribution in [0.25, 0.3) is 27.6 Å². The molecule has 0 saturated carbocycles. The van der Waals surface area contributed by atoms with Crippen molar-refractivity contribution in [2.75, 3.05) is 6.61 Å². The summed E-state index contributed by atoms with van der Waals surface area (Å²) in [5, 5.41) is 17.8. The van der Waals surface area contributed by atoms with Crippen molar-refractivity contribution in [1.29, 1.82) is 0 Å². The standard InChI is InChI=1S/C21H19F3N4O2/c1-12(11-29)25-20(30)13-3-8-18-16(9-13)17-10-27(2)26-19(17)28(18)15-6-4-14(5-7-15)21(22,23)24/h3-10,12,29H,11H2,1-2H3,(H,25,30)/t12-/m0/s1. The van der Waals surface area contributed by atoms with Gasteiger partial charge in [-0.05, 0) is 49.4 Å². The van der Waals surface area contributed by atoms with Crippen LogP contribution in [0.5, 0.6) is 0 Å². The number of hydrogen-bond acceptors (Lipinski definition) is 3. The van der Waals surface area contributed by atoms with E-state index in [4.69, 9.17) is 5.11 Å². The van der Waals surface area contributed by atoms with E-state index < -0.39 is 11.7 Å². The molecule has 6 nitrogen and oxygen atoms in total. The first-order valence-corrected chi connectivity index (χ1v) is 9.26. The molecule has 1 amide bonds. The molecule has 2 heterocycles. The van der Waals surface area contributed by atoms with Crippen molar-refractivity contribution in [3.63, 3.8) is 0 Å². The smallest absolute Gasteiger partial charge is 0.394 e. The maximum absolute atomic E-state index is 12.9. The zero-order valence-corrected chi connectivity index (χ0v) is 16.2. The zero-order valence-electron chi connectivity index (χ0n) is 16.2. The normalized spacial score (nSPS) is 13.1. The number of alkyl halides is 3. The molecular formula is C21H19F3N4O2. The molecule has 1 atom stereocenters.